The molecule has 0 unspecified atom stereocenters. The number of carbonyl (C=O) groups excluding carboxylic acids is 2. The minimum absolute atomic E-state index is 0.188. The lowest BCUT2D eigenvalue weighted by molar-refractivity contribution is 0.0990. The quantitative estimate of drug-likeness (QED) is 0.330. The first kappa shape index (κ1) is 17.0. The van der Waals surface area contributed by atoms with Crippen LogP contribution in [0, 0.1) is 0 Å². The summed E-state index contributed by atoms with van der Waals surface area (Å²) < 4.78 is 11.1. The Morgan fingerprint density at radius 1 is 0.655 bits per heavy atom. The molecule has 2 heterocycles. The van der Waals surface area contributed by atoms with E-state index in [-0.39, 0.29) is 17.1 Å². The van der Waals surface area contributed by atoms with Crippen molar-refractivity contribution >= 4 is 35.1 Å². The number of nitrogens with zero attached hydrogens (tertiary/aromatic N) is 1. The molecule has 0 spiro atoms. The number of Topliss-reactive ketones (excluding diaryl/α,β-unsaturated/α-hetero) is 2. The van der Waals surface area contributed by atoms with Crippen molar-refractivity contribution in [2.24, 2.45) is 0 Å². The summed E-state index contributed by atoms with van der Waals surface area (Å²) in [5.41, 5.74) is 2.69. The van der Waals surface area contributed by atoms with Gasteiger partial charge in [-0.3, -0.25) is 14.5 Å². The van der Waals surface area contributed by atoms with Crippen LogP contribution in [0.1, 0.15) is 26.3 Å². The monoisotopic (exact) mass is 381 g/mol. The molecule has 5 heteroatoms. The first-order chi connectivity index (χ1) is 14.2. The van der Waals surface area contributed by atoms with Crippen LogP contribution in [-0.4, -0.2) is 11.6 Å². The molecule has 0 radical (unpaired) electrons. The van der Waals surface area contributed by atoms with Gasteiger partial charge in [0.15, 0.2) is 11.6 Å². The molecule has 5 nitrogen and oxygen atoms in total. The molecule has 4 aromatic rings. The smallest absolute Gasteiger partial charge is 0.206 e. The molecule has 0 N–H and O–H groups in total. The molecule has 0 saturated heterocycles. The second-order valence-electron chi connectivity index (χ2n) is 6.59. The molecular formula is C24H15NO4. The molecule has 0 bridgehead atoms. The molecule has 1 aliphatic carbocycles. The summed E-state index contributed by atoms with van der Waals surface area (Å²) in [6.07, 6.45) is 4.83. The molecule has 0 saturated carbocycles. The van der Waals surface area contributed by atoms with Crippen LogP contribution in [0.4, 0.5) is 17.5 Å². The van der Waals surface area contributed by atoms with Crippen molar-refractivity contribution in [2.75, 3.05) is 4.90 Å². The zero-order valence-electron chi connectivity index (χ0n) is 15.2. The standard InChI is InChI=1S/C24H15NO4/c26-23-18-5-1-2-6-19(18)24(27)20(23)15-16-9-11-17(12-10-16)25(21-7-3-13-28-21)22-8-4-14-29-22/h1-15H. The molecule has 5 rings (SSSR count). The third-order valence-electron chi connectivity index (χ3n) is 4.82. The first-order valence-corrected chi connectivity index (χ1v) is 9.10. The summed E-state index contributed by atoms with van der Waals surface area (Å²) in [5, 5.41) is 0. The topological polar surface area (TPSA) is 63.7 Å². The maximum atomic E-state index is 12.6. The van der Waals surface area contributed by atoms with E-state index >= 15 is 0 Å². The maximum Gasteiger partial charge on any atom is 0.206 e. The highest BCUT2D eigenvalue weighted by atomic mass is 16.4. The highest BCUT2D eigenvalue weighted by Crippen LogP contribution is 2.35. The van der Waals surface area contributed by atoms with E-state index in [1.165, 1.54) is 0 Å². The van der Waals surface area contributed by atoms with E-state index in [0.29, 0.717) is 22.9 Å². The zero-order valence-corrected chi connectivity index (χ0v) is 15.2. The van der Waals surface area contributed by atoms with Crippen molar-refractivity contribution in [2.45, 2.75) is 0 Å². The number of furan rings is 2. The number of hydrogen-bond donors (Lipinski definition) is 0. The predicted octanol–water partition coefficient (Wildman–Crippen LogP) is 5.81. The Morgan fingerprint density at radius 2 is 1.21 bits per heavy atom. The Morgan fingerprint density at radius 3 is 1.69 bits per heavy atom. The Hall–Kier alpha value is -4.12. The number of hydrogen-bond acceptors (Lipinski definition) is 5. The van der Waals surface area contributed by atoms with Crippen molar-refractivity contribution in [3.63, 3.8) is 0 Å². The van der Waals surface area contributed by atoms with Crippen molar-refractivity contribution in [3.8, 4) is 0 Å². The van der Waals surface area contributed by atoms with Crippen LogP contribution in [0.25, 0.3) is 6.08 Å². The van der Waals surface area contributed by atoms with Crippen LogP contribution in [0.2, 0.25) is 0 Å². The van der Waals surface area contributed by atoms with Crippen molar-refractivity contribution in [3.05, 3.63) is 108 Å². The summed E-state index contributed by atoms with van der Waals surface area (Å²) in [6.45, 7) is 0. The average Bonchev–Trinajstić information content (AvgIpc) is 3.50. The van der Waals surface area contributed by atoms with E-state index in [0.717, 1.165) is 11.3 Å². The molecular weight excluding hydrogens is 366 g/mol. The molecule has 0 atom stereocenters. The van der Waals surface area contributed by atoms with Gasteiger partial charge in [-0.1, -0.05) is 36.4 Å². The van der Waals surface area contributed by atoms with Crippen LogP contribution >= 0.6 is 0 Å². The SMILES string of the molecule is O=C1C(=Cc2ccc(N(c3ccco3)c3ccco3)cc2)C(=O)c2ccccc21. The summed E-state index contributed by atoms with van der Waals surface area (Å²) >= 11 is 0. The highest BCUT2D eigenvalue weighted by molar-refractivity contribution is 6.41. The fourth-order valence-electron chi connectivity index (χ4n) is 3.45. The summed E-state index contributed by atoms with van der Waals surface area (Å²) in [6, 6.07) is 21.7. The summed E-state index contributed by atoms with van der Waals surface area (Å²) in [7, 11) is 0. The van der Waals surface area contributed by atoms with Crippen LogP contribution in [0.5, 0.6) is 0 Å². The number of allylic oxidation sites excluding steroid dienone is 1. The van der Waals surface area contributed by atoms with Gasteiger partial charge in [-0.15, -0.1) is 0 Å². The Balaban J connectivity index is 1.49. The van der Waals surface area contributed by atoms with Crippen LogP contribution in [0.15, 0.2) is 99.7 Å². The Kier molecular flexibility index (Phi) is 3.99. The summed E-state index contributed by atoms with van der Waals surface area (Å²) in [4.78, 5) is 27.0. The van der Waals surface area contributed by atoms with Crippen molar-refractivity contribution in [1.82, 2.24) is 0 Å². The number of fused-ring (bicyclic) bond motifs is 1. The van der Waals surface area contributed by atoms with Gasteiger partial charge >= 0.3 is 0 Å². The first-order valence-electron chi connectivity index (χ1n) is 9.10. The van der Waals surface area contributed by atoms with E-state index in [1.54, 1.807) is 55.0 Å². The second kappa shape index (κ2) is 6.80. The average molecular weight is 381 g/mol. The second-order valence-corrected chi connectivity index (χ2v) is 6.59. The lowest BCUT2D eigenvalue weighted by atomic mass is 10.1. The Labute approximate surface area is 166 Å². The lowest BCUT2D eigenvalue weighted by Gasteiger charge is -2.19. The molecule has 1 aliphatic rings. The fourth-order valence-corrected chi connectivity index (χ4v) is 3.45. The number of anilines is 3. The van der Waals surface area contributed by atoms with Gasteiger partial charge in [-0.2, -0.15) is 0 Å². The zero-order chi connectivity index (χ0) is 19.8. The van der Waals surface area contributed by atoms with Gasteiger partial charge < -0.3 is 8.83 Å². The largest absolute Gasteiger partial charge is 0.448 e. The van der Waals surface area contributed by atoms with Crippen LogP contribution in [0.3, 0.4) is 0 Å². The van der Waals surface area contributed by atoms with Gasteiger partial charge in [-0.05, 0) is 35.9 Å². The molecule has 0 aliphatic heterocycles. The number of benzene rings is 2. The molecule has 0 fully saturated rings. The predicted molar refractivity (Wildman–Crippen MR) is 109 cm³/mol. The fraction of sp³-hybridized carbons (Fsp3) is 0. The van der Waals surface area contributed by atoms with Crippen LogP contribution < -0.4 is 4.90 Å². The van der Waals surface area contributed by atoms with E-state index in [4.69, 9.17) is 8.83 Å². The number of carbonyl (C=O) groups is 2. The molecule has 140 valence electrons. The van der Waals surface area contributed by atoms with E-state index in [9.17, 15) is 9.59 Å². The van der Waals surface area contributed by atoms with E-state index in [1.807, 2.05) is 41.3 Å². The van der Waals surface area contributed by atoms with Gasteiger partial charge in [0, 0.05) is 23.3 Å². The number of rotatable bonds is 4. The third-order valence-corrected chi connectivity index (χ3v) is 4.82. The van der Waals surface area contributed by atoms with Gasteiger partial charge in [0.2, 0.25) is 11.8 Å². The van der Waals surface area contributed by atoms with Crippen molar-refractivity contribution in [1.29, 1.82) is 0 Å². The van der Waals surface area contributed by atoms with Gasteiger partial charge in [0.25, 0.3) is 0 Å². The minimum Gasteiger partial charge on any atom is -0.448 e. The Bertz CT molecular complexity index is 1150. The van der Waals surface area contributed by atoms with Gasteiger partial charge in [0.1, 0.15) is 0 Å². The van der Waals surface area contributed by atoms with Gasteiger partial charge in [-0.25, -0.2) is 0 Å². The summed E-state index contributed by atoms with van der Waals surface area (Å²) in [5.74, 6) is 0.759. The molecule has 2 aromatic carbocycles. The lowest BCUT2D eigenvalue weighted by Crippen LogP contribution is -2.07. The normalized spacial score (nSPS) is 12.9. The highest BCUT2D eigenvalue weighted by Gasteiger charge is 2.32. The molecule has 0 amide bonds. The van der Waals surface area contributed by atoms with E-state index < -0.39 is 0 Å². The van der Waals surface area contributed by atoms with Crippen molar-refractivity contribution < 1.29 is 18.4 Å². The number of ketones is 2. The van der Waals surface area contributed by atoms with Crippen LogP contribution in [-0.2, 0) is 0 Å². The third kappa shape index (κ3) is 2.89. The maximum absolute atomic E-state index is 12.6. The van der Waals surface area contributed by atoms with E-state index in [2.05, 4.69) is 0 Å². The van der Waals surface area contributed by atoms with Gasteiger partial charge in [0.05, 0.1) is 23.8 Å². The molecule has 2 aromatic heterocycles. The minimum atomic E-state index is -0.234. The molecule has 29 heavy (non-hydrogen) atoms.